The third-order valence-corrected chi connectivity index (χ3v) is 3.65. The van der Waals surface area contributed by atoms with Gasteiger partial charge in [0.05, 0.1) is 0 Å². The van der Waals surface area contributed by atoms with Crippen LogP contribution in [-0.2, 0) is 0 Å². The van der Waals surface area contributed by atoms with Gasteiger partial charge in [0.2, 0.25) is 0 Å². The zero-order valence-corrected chi connectivity index (χ0v) is 9.39. The van der Waals surface area contributed by atoms with E-state index in [1.165, 1.54) is 51.4 Å². The van der Waals surface area contributed by atoms with Crippen LogP contribution in [0.1, 0.15) is 58.3 Å². The quantitative estimate of drug-likeness (QED) is 0.555. The molecule has 0 aromatic rings. The maximum Gasteiger partial charge on any atom is -0.0248 e. The largest absolute Gasteiger partial charge is 0.0843 e. The summed E-state index contributed by atoms with van der Waals surface area (Å²) in [6, 6.07) is 0. The molecule has 0 spiro atoms. The van der Waals surface area contributed by atoms with Crippen molar-refractivity contribution >= 4 is 0 Å². The summed E-state index contributed by atoms with van der Waals surface area (Å²) in [7, 11) is 0. The van der Waals surface area contributed by atoms with Crippen molar-refractivity contribution in [2.24, 2.45) is 5.92 Å². The van der Waals surface area contributed by atoms with Crippen LogP contribution in [0.25, 0.3) is 0 Å². The molecule has 0 nitrogen and oxygen atoms in total. The summed E-state index contributed by atoms with van der Waals surface area (Å²) in [6.07, 6.45) is 15.9. The van der Waals surface area contributed by atoms with E-state index in [-0.39, 0.29) is 0 Å². The van der Waals surface area contributed by atoms with Gasteiger partial charge < -0.3 is 0 Å². The Balaban J connectivity index is 1.75. The molecule has 78 valence electrons. The lowest BCUT2D eigenvalue weighted by atomic mass is 9.98. The number of allylic oxidation sites excluding steroid dienone is 4. The van der Waals surface area contributed by atoms with Crippen molar-refractivity contribution in [2.45, 2.75) is 58.3 Å². The predicted octanol–water partition coefficient (Wildman–Crippen LogP) is 4.62. The molecular formula is C14H22. The van der Waals surface area contributed by atoms with Gasteiger partial charge in [0.25, 0.3) is 0 Å². The topological polar surface area (TPSA) is 0 Å². The lowest BCUT2D eigenvalue weighted by molar-refractivity contribution is 0.567. The van der Waals surface area contributed by atoms with Crippen molar-refractivity contribution in [3.63, 3.8) is 0 Å². The minimum atomic E-state index is 1.03. The van der Waals surface area contributed by atoms with Gasteiger partial charge in [-0.3, -0.25) is 0 Å². The molecule has 0 aromatic heterocycles. The summed E-state index contributed by atoms with van der Waals surface area (Å²) in [5, 5.41) is 0. The third-order valence-electron chi connectivity index (χ3n) is 3.65. The minimum Gasteiger partial charge on any atom is -0.0843 e. The maximum absolute atomic E-state index is 2.42. The lowest BCUT2D eigenvalue weighted by Crippen LogP contribution is -1.91. The average molecular weight is 190 g/mol. The summed E-state index contributed by atoms with van der Waals surface area (Å²) in [6.45, 7) is 2.27. The molecule has 1 unspecified atom stereocenters. The van der Waals surface area contributed by atoms with Crippen LogP contribution in [0.4, 0.5) is 0 Å². The van der Waals surface area contributed by atoms with Gasteiger partial charge in [0.15, 0.2) is 0 Å². The van der Waals surface area contributed by atoms with Gasteiger partial charge in [0, 0.05) is 0 Å². The number of hydrogen-bond donors (Lipinski definition) is 0. The fraction of sp³-hybridized carbons (Fsp3) is 0.714. The molecule has 2 bridgehead atoms. The van der Waals surface area contributed by atoms with Gasteiger partial charge in [-0.05, 0) is 50.0 Å². The summed E-state index contributed by atoms with van der Waals surface area (Å²) >= 11 is 0. The van der Waals surface area contributed by atoms with E-state index in [2.05, 4.69) is 19.1 Å². The van der Waals surface area contributed by atoms with Crippen molar-refractivity contribution in [1.82, 2.24) is 0 Å². The molecule has 1 saturated carbocycles. The molecule has 14 heavy (non-hydrogen) atoms. The van der Waals surface area contributed by atoms with E-state index in [0.717, 1.165) is 5.92 Å². The second kappa shape index (κ2) is 4.82. The molecule has 0 amide bonds. The molecule has 2 aliphatic rings. The van der Waals surface area contributed by atoms with Crippen molar-refractivity contribution in [3.8, 4) is 0 Å². The van der Waals surface area contributed by atoms with Crippen LogP contribution in [0, 0.1) is 5.92 Å². The summed E-state index contributed by atoms with van der Waals surface area (Å²) in [5.74, 6) is 1.03. The third kappa shape index (κ3) is 2.29. The van der Waals surface area contributed by atoms with E-state index in [1.807, 2.05) is 0 Å². The van der Waals surface area contributed by atoms with E-state index in [4.69, 9.17) is 0 Å². The fourth-order valence-electron chi connectivity index (χ4n) is 2.78. The SMILES string of the molecule is CCCCC/C=C/C1=C2CCC(C1)C2. The van der Waals surface area contributed by atoms with E-state index in [1.54, 1.807) is 11.1 Å². The predicted molar refractivity (Wildman–Crippen MR) is 62.3 cm³/mol. The highest BCUT2D eigenvalue weighted by molar-refractivity contribution is 5.33. The highest BCUT2D eigenvalue weighted by Crippen LogP contribution is 2.44. The second-order valence-corrected chi connectivity index (χ2v) is 4.84. The Kier molecular flexibility index (Phi) is 3.44. The first-order valence-electron chi connectivity index (χ1n) is 6.27. The van der Waals surface area contributed by atoms with Crippen LogP contribution in [0.3, 0.4) is 0 Å². The van der Waals surface area contributed by atoms with Crippen molar-refractivity contribution in [3.05, 3.63) is 23.3 Å². The maximum atomic E-state index is 2.42. The van der Waals surface area contributed by atoms with Gasteiger partial charge in [-0.2, -0.15) is 0 Å². The fourth-order valence-corrected chi connectivity index (χ4v) is 2.78. The monoisotopic (exact) mass is 190 g/mol. The van der Waals surface area contributed by atoms with Gasteiger partial charge in [0.1, 0.15) is 0 Å². The molecule has 1 atom stereocenters. The molecule has 0 radical (unpaired) electrons. The first-order chi connectivity index (χ1) is 6.90. The molecular weight excluding hydrogens is 168 g/mol. The number of fused-ring (bicyclic) bond motifs is 2. The molecule has 2 rings (SSSR count). The Morgan fingerprint density at radius 2 is 2.21 bits per heavy atom. The van der Waals surface area contributed by atoms with E-state index in [9.17, 15) is 0 Å². The smallest absolute Gasteiger partial charge is 0.0248 e. The Labute approximate surface area is 88.1 Å². The number of rotatable bonds is 5. The molecule has 0 saturated heterocycles. The number of unbranched alkanes of at least 4 members (excludes halogenated alkanes) is 3. The van der Waals surface area contributed by atoms with Crippen molar-refractivity contribution < 1.29 is 0 Å². The minimum absolute atomic E-state index is 1.03. The first-order valence-corrected chi connectivity index (χ1v) is 6.27. The average Bonchev–Trinajstić information content (AvgIpc) is 2.79. The summed E-state index contributed by atoms with van der Waals surface area (Å²) in [4.78, 5) is 0. The highest BCUT2D eigenvalue weighted by atomic mass is 14.3. The van der Waals surface area contributed by atoms with E-state index < -0.39 is 0 Å². The lowest BCUT2D eigenvalue weighted by Gasteiger charge is -2.07. The van der Waals surface area contributed by atoms with Crippen LogP contribution < -0.4 is 0 Å². The standard InChI is InChI=1S/C14H22/c1-2-3-4-5-6-7-13-10-12-8-9-14(13)11-12/h6-7,12H,2-5,8-11H2,1H3/b7-6+. The van der Waals surface area contributed by atoms with Gasteiger partial charge in [-0.25, -0.2) is 0 Å². The highest BCUT2D eigenvalue weighted by Gasteiger charge is 2.28. The number of hydrogen-bond acceptors (Lipinski definition) is 0. The normalized spacial score (nSPS) is 25.6. The Morgan fingerprint density at radius 1 is 1.29 bits per heavy atom. The van der Waals surface area contributed by atoms with Gasteiger partial charge in [-0.1, -0.05) is 37.5 Å². The van der Waals surface area contributed by atoms with Crippen molar-refractivity contribution in [2.75, 3.05) is 0 Å². The Hall–Kier alpha value is -0.520. The molecule has 0 heteroatoms. The molecule has 0 N–H and O–H groups in total. The van der Waals surface area contributed by atoms with Crippen LogP contribution >= 0.6 is 0 Å². The van der Waals surface area contributed by atoms with Gasteiger partial charge in [-0.15, -0.1) is 0 Å². The summed E-state index contributed by atoms with van der Waals surface area (Å²) in [5.41, 5.74) is 3.47. The second-order valence-electron chi connectivity index (χ2n) is 4.84. The summed E-state index contributed by atoms with van der Waals surface area (Å²) < 4.78 is 0. The Morgan fingerprint density at radius 3 is 2.86 bits per heavy atom. The van der Waals surface area contributed by atoms with Crippen molar-refractivity contribution in [1.29, 1.82) is 0 Å². The zero-order chi connectivity index (χ0) is 9.80. The zero-order valence-electron chi connectivity index (χ0n) is 9.39. The first kappa shape index (κ1) is 10.0. The van der Waals surface area contributed by atoms with Crippen LogP contribution in [-0.4, -0.2) is 0 Å². The molecule has 2 aliphatic carbocycles. The molecule has 0 heterocycles. The molecule has 0 aliphatic heterocycles. The molecule has 1 fully saturated rings. The van der Waals surface area contributed by atoms with Crippen LogP contribution in [0.15, 0.2) is 23.3 Å². The van der Waals surface area contributed by atoms with E-state index >= 15 is 0 Å². The van der Waals surface area contributed by atoms with Crippen LogP contribution in [0.2, 0.25) is 0 Å². The van der Waals surface area contributed by atoms with Crippen LogP contribution in [0.5, 0.6) is 0 Å². The Bertz CT molecular complexity index is 245. The van der Waals surface area contributed by atoms with Gasteiger partial charge >= 0.3 is 0 Å². The molecule has 0 aromatic carbocycles. The van der Waals surface area contributed by atoms with E-state index in [0.29, 0.717) is 0 Å².